The Bertz CT molecular complexity index is 841. The Labute approximate surface area is 145 Å². The number of nitrogens with one attached hydrogen (secondary N) is 1. The molecule has 2 aromatic rings. The molecule has 0 amide bonds. The molecule has 1 aromatic carbocycles. The zero-order chi connectivity index (χ0) is 17.5. The first kappa shape index (κ1) is 17.2. The van der Waals surface area contributed by atoms with Gasteiger partial charge in [-0.15, -0.1) is 0 Å². The minimum Gasteiger partial charge on any atom is -0.369 e. The zero-order valence-electron chi connectivity index (χ0n) is 13.4. The number of aromatic nitrogens is 2. The Kier molecular flexibility index (Phi) is 4.54. The third-order valence-corrected chi connectivity index (χ3v) is 6.62. The molecule has 1 aromatic heterocycles. The highest BCUT2D eigenvalue weighted by Gasteiger charge is 2.32. The zero-order valence-corrected chi connectivity index (χ0v) is 15.0. The minimum atomic E-state index is -3.57. The third-order valence-electron chi connectivity index (χ3n) is 4.17. The maximum Gasteiger partial charge on any atom is 0.246 e. The standard InChI is InChI=1S/C15H18ClFN4O2S/c1-10-15(11(2)19-18-10)24(22,23)21-7-5-20(6-8-21)12-3-4-14(17)13(16)9-12/h3-4,9H,5-8H2,1-2H3,(H,18,19). The second-order valence-electron chi connectivity index (χ2n) is 5.75. The fourth-order valence-electron chi connectivity index (χ4n) is 2.92. The molecule has 0 atom stereocenters. The van der Waals surface area contributed by atoms with Gasteiger partial charge in [0.1, 0.15) is 10.7 Å². The summed E-state index contributed by atoms with van der Waals surface area (Å²) in [6.45, 7) is 5.09. The Morgan fingerprint density at radius 3 is 2.42 bits per heavy atom. The van der Waals surface area contributed by atoms with Crippen LogP contribution in [0.5, 0.6) is 0 Å². The first-order valence-corrected chi connectivity index (χ1v) is 9.34. The lowest BCUT2D eigenvalue weighted by molar-refractivity contribution is 0.384. The molecule has 0 radical (unpaired) electrons. The van der Waals surface area contributed by atoms with Crippen LogP contribution in [-0.2, 0) is 10.0 Å². The normalized spacial score (nSPS) is 16.6. The van der Waals surface area contributed by atoms with E-state index >= 15 is 0 Å². The van der Waals surface area contributed by atoms with Crippen LogP contribution in [0.15, 0.2) is 23.1 Å². The molecule has 1 fully saturated rings. The Balaban J connectivity index is 1.76. The monoisotopic (exact) mass is 372 g/mol. The number of H-pyrrole nitrogens is 1. The van der Waals surface area contributed by atoms with Crippen LogP contribution in [0.4, 0.5) is 10.1 Å². The Morgan fingerprint density at radius 2 is 1.88 bits per heavy atom. The second-order valence-corrected chi connectivity index (χ2v) is 8.03. The van der Waals surface area contributed by atoms with Crippen LogP contribution in [0.25, 0.3) is 0 Å². The summed E-state index contributed by atoms with van der Waals surface area (Å²) in [4.78, 5) is 2.24. The summed E-state index contributed by atoms with van der Waals surface area (Å²) >= 11 is 5.82. The fourth-order valence-corrected chi connectivity index (χ4v) is 4.85. The van der Waals surface area contributed by atoms with E-state index in [1.165, 1.54) is 10.4 Å². The Hall–Kier alpha value is -1.64. The summed E-state index contributed by atoms with van der Waals surface area (Å²) in [6.07, 6.45) is 0. The first-order chi connectivity index (χ1) is 11.3. The van der Waals surface area contributed by atoms with Gasteiger partial charge in [-0.25, -0.2) is 12.8 Å². The number of hydrogen-bond acceptors (Lipinski definition) is 4. The number of hydrogen-bond donors (Lipinski definition) is 1. The predicted octanol–water partition coefficient (Wildman–Crippen LogP) is 2.33. The predicted molar refractivity (Wildman–Crippen MR) is 90.4 cm³/mol. The summed E-state index contributed by atoms with van der Waals surface area (Å²) in [7, 11) is -3.57. The van der Waals surface area contributed by atoms with E-state index in [2.05, 4.69) is 10.2 Å². The van der Waals surface area contributed by atoms with Crippen LogP contribution in [0, 0.1) is 19.7 Å². The second kappa shape index (κ2) is 6.34. The van der Waals surface area contributed by atoms with Crippen molar-refractivity contribution in [2.75, 3.05) is 31.1 Å². The van der Waals surface area contributed by atoms with Crippen molar-refractivity contribution in [3.8, 4) is 0 Å². The van der Waals surface area contributed by atoms with Crippen LogP contribution in [0.2, 0.25) is 5.02 Å². The molecule has 0 spiro atoms. The third kappa shape index (κ3) is 3.01. The van der Waals surface area contributed by atoms with E-state index in [9.17, 15) is 12.8 Å². The lowest BCUT2D eigenvalue weighted by Gasteiger charge is -2.35. The summed E-state index contributed by atoms with van der Waals surface area (Å²) in [5.74, 6) is -0.465. The topological polar surface area (TPSA) is 69.3 Å². The average molecular weight is 373 g/mol. The SMILES string of the molecule is Cc1n[nH]c(C)c1S(=O)(=O)N1CCN(c2ccc(F)c(Cl)c2)CC1. The van der Waals surface area contributed by atoms with Gasteiger partial charge >= 0.3 is 0 Å². The lowest BCUT2D eigenvalue weighted by Crippen LogP contribution is -2.48. The quantitative estimate of drug-likeness (QED) is 0.897. The van der Waals surface area contributed by atoms with Crippen molar-refractivity contribution >= 4 is 27.3 Å². The molecule has 3 rings (SSSR count). The van der Waals surface area contributed by atoms with Gasteiger partial charge in [-0.2, -0.15) is 9.40 Å². The molecule has 9 heteroatoms. The molecular weight excluding hydrogens is 355 g/mol. The molecule has 6 nitrogen and oxygen atoms in total. The number of aryl methyl sites for hydroxylation is 2. The number of sulfonamides is 1. The van der Waals surface area contributed by atoms with Gasteiger partial charge in [0.15, 0.2) is 0 Å². The van der Waals surface area contributed by atoms with Crippen LogP contribution in [0.3, 0.4) is 0 Å². The average Bonchev–Trinajstić information content (AvgIpc) is 2.89. The molecule has 0 saturated carbocycles. The lowest BCUT2D eigenvalue weighted by atomic mass is 10.2. The number of halogens is 2. The van der Waals surface area contributed by atoms with E-state index < -0.39 is 15.8 Å². The van der Waals surface area contributed by atoms with Gasteiger partial charge < -0.3 is 4.90 Å². The molecule has 0 bridgehead atoms. The van der Waals surface area contributed by atoms with Gasteiger partial charge in [0.05, 0.1) is 16.4 Å². The van der Waals surface area contributed by atoms with E-state index in [-0.39, 0.29) is 9.92 Å². The number of benzene rings is 1. The molecular formula is C15H18ClFN4O2S. The van der Waals surface area contributed by atoms with Gasteiger partial charge in [0, 0.05) is 31.9 Å². The smallest absolute Gasteiger partial charge is 0.246 e. The number of piperazine rings is 1. The highest BCUT2D eigenvalue weighted by molar-refractivity contribution is 7.89. The van der Waals surface area contributed by atoms with Crippen molar-refractivity contribution in [3.05, 3.63) is 40.4 Å². The minimum absolute atomic E-state index is 0.0622. The number of nitrogens with zero attached hydrogens (tertiary/aromatic N) is 3. The van der Waals surface area contributed by atoms with Gasteiger partial charge in [-0.05, 0) is 32.0 Å². The van der Waals surface area contributed by atoms with Crippen molar-refractivity contribution in [3.63, 3.8) is 0 Å². The molecule has 24 heavy (non-hydrogen) atoms. The van der Waals surface area contributed by atoms with Gasteiger partial charge in [-0.3, -0.25) is 5.10 Å². The van der Waals surface area contributed by atoms with Crippen LogP contribution in [-0.4, -0.2) is 49.1 Å². The summed E-state index contributed by atoms with van der Waals surface area (Å²) in [5, 5.41) is 6.74. The van der Waals surface area contributed by atoms with Crippen molar-refractivity contribution in [2.24, 2.45) is 0 Å². The van der Waals surface area contributed by atoms with Crippen molar-refractivity contribution < 1.29 is 12.8 Å². The molecule has 2 heterocycles. The van der Waals surface area contributed by atoms with Gasteiger partial charge in [0.2, 0.25) is 10.0 Å². The fraction of sp³-hybridized carbons (Fsp3) is 0.400. The van der Waals surface area contributed by atoms with E-state index in [0.29, 0.717) is 37.6 Å². The van der Waals surface area contributed by atoms with E-state index in [1.807, 2.05) is 4.90 Å². The summed E-state index contributed by atoms with van der Waals surface area (Å²) < 4.78 is 40.3. The molecule has 0 unspecified atom stereocenters. The van der Waals surface area contributed by atoms with Crippen LogP contribution >= 0.6 is 11.6 Å². The molecule has 1 N–H and O–H groups in total. The van der Waals surface area contributed by atoms with E-state index in [0.717, 1.165) is 5.69 Å². The van der Waals surface area contributed by atoms with Crippen molar-refractivity contribution in [1.82, 2.24) is 14.5 Å². The highest BCUT2D eigenvalue weighted by Crippen LogP contribution is 2.26. The van der Waals surface area contributed by atoms with Gasteiger partial charge in [-0.1, -0.05) is 11.6 Å². The number of rotatable bonds is 3. The van der Waals surface area contributed by atoms with Crippen LogP contribution < -0.4 is 4.90 Å². The van der Waals surface area contributed by atoms with E-state index in [1.54, 1.807) is 26.0 Å². The largest absolute Gasteiger partial charge is 0.369 e. The van der Waals surface area contributed by atoms with Crippen molar-refractivity contribution in [1.29, 1.82) is 0 Å². The summed E-state index contributed by atoms with van der Waals surface area (Å²) in [5.41, 5.74) is 1.80. The molecule has 130 valence electrons. The van der Waals surface area contributed by atoms with E-state index in [4.69, 9.17) is 11.6 Å². The highest BCUT2D eigenvalue weighted by atomic mass is 35.5. The van der Waals surface area contributed by atoms with Crippen LogP contribution in [0.1, 0.15) is 11.4 Å². The number of anilines is 1. The summed E-state index contributed by atoms with van der Waals surface area (Å²) in [6, 6.07) is 4.53. The van der Waals surface area contributed by atoms with Gasteiger partial charge in [0.25, 0.3) is 0 Å². The Morgan fingerprint density at radius 1 is 1.21 bits per heavy atom. The maximum atomic E-state index is 13.3. The molecule has 1 aliphatic rings. The number of aromatic amines is 1. The molecule has 1 aliphatic heterocycles. The van der Waals surface area contributed by atoms with Crippen molar-refractivity contribution in [2.45, 2.75) is 18.7 Å². The first-order valence-electron chi connectivity index (χ1n) is 7.52. The molecule has 1 saturated heterocycles. The maximum absolute atomic E-state index is 13.3. The molecule has 0 aliphatic carbocycles.